The minimum Gasteiger partial charge on any atom is -0.461 e. The quantitative estimate of drug-likeness (QED) is 0.544. The molecule has 0 radical (unpaired) electrons. The topological polar surface area (TPSA) is 75.6 Å². The van der Waals surface area contributed by atoms with E-state index in [1.165, 1.54) is 11.3 Å². The van der Waals surface area contributed by atoms with E-state index in [1.54, 1.807) is 18.4 Å². The van der Waals surface area contributed by atoms with Crippen molar-refractivity contribution in [2.75, 3.05) is 0 Å². The Morgan fingerprint density at radius 3 is 2.56 bits per heavy atom. The molecule has 3 heterocycles. The summed E-state index contributed by atoms with van der Waals surface area (Å²) in [4.78, 5) is 5.56. The lowest BCUT2D eigenvalue weighted by Crippen LogP contribution is -2.07. The molecule has 120 valence electrons. The van der Waals surface area contributed by atoms with Crippen molar-refractivity contribution >= 4 is 11.3 Å². The maximum absolute atomic E-state index is 9.79. The van der Waals surface area contributed by atoms with Crippen LogP contribution in [0.3, 0.4) is 0 Å². The number of furan rings is 1. The minimum absolute atomic E-state index is 0.372. The van der Waals surface area contributed by atoms with Crippen molar-refractivity contribution in [1.29, 1.82) is 5.26 Å². The van der Waals surface area contributed by atoms with Crippen LogP contribution in [0.15, 0.2) is 70.7 Å². The molecule has 0 aliphatic rings. The van der Waals surface area contributed by atoms with E-state index in [1.807, 2.05) is 47.8 Å². The Labute approximate surface area is 148 Å². The Kier molecular flexibility index (Phi) is 4.07. The van der Waals surface area contributed by atoms with E-state index in [0.29, 0.717) is 23.0 Å². The Morgan fingerprint density at radius 2 is 1.88 bits per heavy atom. The van der Waals surface area contributed by atoms with Gasteiger partial charge in [0.2, 0.25) is 5.82 Å². The molecule has 5 nitrogen and oxygen atoms in total. The second kappa shape index (κ2) is 6.67. The van der Waals surface area contributed by atoms with Gasteiger partial charge in [0.05, 0.1) is 18.0 Å². The molecule has 0 saturated carbocycles. The predicted molar refractivity (Wildman–Crippen MR) is 94.7 cm³/mol. The third-order valence-electron chi connectivity index (χ3n) is 3.73. The van der Waals surface area contributed by atoms with Gasteiger partial charge < -0.3 is 4.42 Å². The average Bonchev–Trinajstić information content (AvgIpc) is 3.37. The molecule has 4 aromatic rings. The summed E-state index contributed by atoms with van der Waals surface area (Å²) in [5.41, 5.74) is 2.06. The molecule has 0 spiro atoms. The van der Waals surface area contributed by atoms with E-state index in [0.717, 1.165) is 10.4 Å². The highest BCUT2D eigenvalue weighted by atomic mass is 32.1. The predicted octanol–water partition coefficient (Wildman–Crippen LogP) is 4.52. The van der Waals surface area contributed by atoms with Crippen molar-refractivity contribution in [2.24, 2.45) is 0 Å². The Bertz CT molecular complexity index is 1010. The van der Waals surface area contributed by atoms with Crippen molar-refractivity contribution in [1.82, 2.24) is 15.2 Å². The van der Waals surface area contributed by atoms with E-state index >= 15 is 0 Å². The molecule has 0 N–H and O–H groups in total. The van der Waals surface area contributed by atoms with Gasteiger partial charge in [-0.15, -0.1) is 21.5 Å². The summed E-state index contributed by atoms with van der Waals surface area (Å²) < 4.78 is 5.38. The van der Waals surface area contributed by atoms with Crippen LogP contribution in [0, 0.1) is 11.3 Å². The van der Waals surface area contributed by atoms with Gasteiger partial charge in [-0.3, -0.25) is 0 Å². The van der Waals surface area contributed by atoms with E-state index < -0.39 is 5.92 Å². The molecule has 0 aliphatic carbocycles. The summed E-state index contributed by atoms with van der Waals surface area (Å²) >= 11 is 1.52. The molecule has 0 bridgehead atoms. The normalized spacial score (nSPS) is 11.8. The number of nitriles is 1. The van der Waals surface area contributed by atoms with E-state index in [9.17, 15) is 5.26 Å². The first kappa shape index (κ1) is 15.2. The van der Waals surface area contributed by atoms with Crippen LogP contribution in [0.4, 0.5) is 0 Å². The number of rotatable bonds is 4. The van der Waals surface area contributed by atoms with Gasteiger partial charge in [0.1, 0.15) is 11.6 Å². The molecule has 4 rings (SSSR count). The number of benzene rings is 1. The highest BCUT2D eigenvalue weighted by Crippen LogP contribution is 2.33. The lowest BCUT2D eigenvalue weighted by molar-refractivity contribution is 0.575. The maximum atomic E-state index is 9.79. The van der Waals surface area contributed by atoms with Gasteiger partial charge in [-0.05, 0) is 23.6 Å². The van der Waals surface area contributed by atoms with Gasteiger partial charge >= 0.3 is 0 Å². The number of thiophene rings is 1. The molecular weight excluding hydrogens is 332 g/mol. The van der Waals surface area contributed by atoms with Crippen LogP contribution in [0.25, 0.3) is 22.8 Å². The largest absolute Gasteiger partial charge is 0.461 e. The van der Waals surface area contributed by atoms with Crippen molar-refractivity contribution in [2.45, 2.75) is 5.92 Å². The van der Waals surface area contributed by atoms with Crippen LogP contribution in [0.1, 0.15) is 16.5 Å². The second-order valence-corrected chi connectivity index (χ2v) is 6.27. The van der Waals surface area contributed by atoms with Crippen LogP contribution in [0.5, 0.6) is 0 Å². The van der Waals surface area contributed by atoms with Gasteiger partial charge in [-0.25, -0.2) is 4.98 Å². The smallest absolute Gasteiger partial charge is 0.217 e. The lowest BCUT2D eigenvalue weighted by atomic mass is 9.99. The summed E-state index contributed by atoms with van der Waals surface area (Å²) in [7, 11) is 0. The van der Waals surface area contributed by atoms with Crippen LogP contribution in [-0.2, 0) is 0 Å². The van der Waals surface area contributed by atoms with Crippen LogP contribution >= 0.6 is 11.3 Å². The zero-order valence-corrected chi connectivity index (χ0v) is 13.9. The number of hydrogen-bond acceptors (Lipinski definition) is 6. The molecule has 3 aromatic heterocycles. The minimum atomic E-state index is -0.514. The fourth-order valence-electron chi connectivity index (χ4n) is 2.57. The monoisotopic (exact) mass is 344 g/mol. The summed E-state index contributed by atoms with van der Waals surface area (Å²) in [5.74, 6) is 0.382. The summed E-state index contributed by atoms with van der Waals surface area (Å²) in [6.45, 7) is 0. The van der Waals surface area contributed by atoms with Gasteiger partial charge in [-0.2, -0.15) is 5.26 Å². The van der Waals surface area contributed by atoms with Crippen molar-refractivity contribution in [3.05, 3.63) is 76.8 Å². The van der Waals surface area contributed by atoms with Gasteiger partial charge in [0.25, 0.3) is 0 Å². The molecule has 0 aliphatic heterocycles. The van der Waals surface area contributed by atoms with Gasteiger partial charge in [0, 0.05) is 10.4 Å². The third kappa shape index (κ3) is 2.93. The van der Waals surface area contributed by atoms with E-state index in [-0.39, 0.29) is 0 Å². The first-order valence-corrected chi connectivity index (χ1v) is 8.51. The first-order chi connectivity index (χ1) is 12.4. The highest BCUT2D eigenvalue weighted by Gasteiger charge is 2.24. The van der Waals surface area contributed by atoms with Crippen molar-refractivity contribution in [3.63, 3.8) is 0 Å². The fraction of sp³-hybridized carbons (Fsp3) is 0.0526. The zero-order valence-electron chi connectivity index (χ0n) is 13.0. The van der Waals surface area contributed by atoms with E-state index in [2.05, 4.69) is 21.3 Å². The standard InChI is InChI=1S/C19H12N4OS/c20-12-14(16-9-5-11-25-16)18-17(13-6-2-1-3-7-13)22-23-19(21-18)15-8-4-10-24-15/h1-11,14H. The molecule has 1 unspecified atom stereocenters. The fourth-order valence-corrected chi connectivity index (χ4v) is 3.34. The third-order valence-corrected chi connectivity index (χ3v) is 4.67. The first-order valence-electron chi connectivity index (χ1n) is 7.64. The second-order valence-electron chi connectivity index (χ2n) is 5.29. The number of aromatic nitrogens is 3. The molecular formula is C19H12N4OS. The number of nitrogens with zero attached hydrogens (tertiary/aromatic N) is 4. The van der Waals surface area contributed by atoms with Crippen molar-refractivity contribution < 1.29 is 4.42 Å². The Balaban J connectivity index is 1.91. The molecule has 0 amide bonds. The van der Waals surface area contributed by atoms with Crippen LogP contribution in [0.2, 0.25) is 0 Å². The Hall–Kier alpha value is -3.30. The SMILES string of the molecule is N#CC(c1cccs1)c1nc(-c2ccco2)nnc1-c1ccccc1. The molecule has 1 aromatic carbocycles. The Morgan fingerprint density at radius 1 is 1.00 bits per heavy atom. The summed E-state index contributed by atoms with van der Waals surface area (Å²) in [5, 5.41) is 20.3. The maximum Gasteiger partial charge on any atom is 0.217 e. The molecule has 6 heteroatoms. The molecule has 1 atom stereocenters. The van der Waals surface area contributed by atoms with Gasteiger partial charge in [0.15, 0.2) is 5.76 Å². The van der Waals surface area contributed by atoms with Crippen LogP contribution in [-0.4, -0.2) is 15.2 Å². The zero-order chi connectivity index (χ0) is 17.1. The highest BCUT2D eigenvalue weighted by molar-refractivity contribution is 7.10. The average molecular weight is 344 g/mol. The summed E-state index contributed by atoms with van der Waals surface area (Å²) in [6.07, 6.45) is 1.56. The lowest BCUT2D eigenvalue weighted by Gasteiger charge is -2.12. The summed E-state index contributed by atoms with van der Waals surface area (Å²) in [6, 6.07) is 19.4. The van der Waals surface area contributed by atoms with E-state index in [4.69, 9.17) is 4.42 Å². The molecule has 0 saturated heterocycles. The van der Waals surface area contributed by atoms with Gasteiger partial charge in [-0.1, -0.05) is 36.4 Å². The molecule has 25 heavy (non-hydrogen) atoms. The molecule has 0 fully saturated rings. The number of hydrogen-bond donors (Lipinski definition) is 0. The van der Waals surface area contributed by atoms with Crippen molar-refractivity contribution in [3.8, 4) is 28.9 Å². The van der Waals surface area contributed by atoms with Crippen LogP contribution < -0.4 is 0 Å².